The van der Waals surface area contributed by atoms with Crippen molar-refractivity contribution in [2.45, 2.75) is 61.0 Å². The summed E-state index contributed by atoms with van der Waals surface area (Å²) in [4.78, 5) is 12.0. The number of aryl methyl sites for hydroxylation is 2. The number of hydrogen-bond donors (Lipinski definition) is 1. The van der Waals surface area contributed by atoms with E-state index in [0.29, 0.717) is 0 Å². The van der Waals surface area contributed by atoms with E-state index < -0.39 is 5.41 Å². The third kappa shape index (κ3) is 4.26. The van der Waals surface area contributed by atoms with E-state index in [0.717, 1.165) is 29.0 Å². The Hall–Kier alpha value is -1.51. The SMILES string of the molecule is CC[C@@H](C)Oc1c(C)cc(NC(=O)C(C)(C)C)cc1C. The molecule has 1 aromatic rings. The van der Waals surface area contributed by atoms with Crippen molar-refractivity contribution in [1.82, 2.24) is 0 Å². The number of rotatable bonds is 4. The second-order valence-electron chi connectivity index (χ2n) is 6.48. The number of ether oxygens (including phenoxy) is 1. The molecule has 112 valence electrons. The van der Waals surface area contributed by atoms with Gasteiger partial charge in [0.05, 0.1) is 6.10 Å². The summed E-state index contributed by atoms with van der Waals surface area (Å²) >= 11 is 0. The van der Waals surface area contributed by atoms with E-state index in [-0.39, 0.29) is 12.0 Å². The van der Waals surface area contributed by atoms with Crippen molar-refractivity contribution >= 4 is 11.6 Å². The monoisotopic (exact) mass is 277 g/mol. The van der Waals surface area contributed by atoms with Gasteiger partial charge >= 0.3 is 0 Å². The smallest absolute Gasteiger partial charge is 0.229 e. The maximum atomic E-state index is 12.0. The van der Waals surface area contributed by atoms with Gasteiger partial charge in [-0.15, -0.1) is 0 Å². The van der Waals surface area contributed by atoms with Crippen molar-refractivity contribution in [1.29, 1.82) is 0 Å². The minimum Gasteiger partial charge on any atom is -0.490 e. The molecule has 0 saturated heterocycles. The maximum absolute atomic E-state index is 12.0. The van der Waals surface area contributed by atoms with Gasteiger partial charge in [0.15, 0.2) is 0 Å². The molecular formula is C17H27NO2. The molecule has 0 radical (unpaired) electrons. The Bertz CT molecular complexity index is 463. The van der Waals surface area contributed by atoms with Gasteiger partial charge in [0.2, 0.25) is 5.91 Å². The molecule has 0 heterocycles. The first-order valence-corrected chi connectivity index (χ1v) is 7.24. The summed E-state index contributed by atoms with van der Waals surface area (Å²) in [6.07, 6.45) is 1.17. The Morgan fingerprint density at radius 3 is 2.15 bits per heavy atom. The van der Waals surface area contributed by atoms with Crippen LogP contribution in [0.3, 0.4) is 0 Å². The van der Waals surface area contributed by atoms with E-state index in [9.17, 15) is 4.79 Å². The molecule has 1 N–H and O–H groups in total. The highest BCUT2D eigenvalue weighted by atomic mass is 16.5. The normalized spacial score (nSPS) is 12.9. The molecule has 1 atom stereocenters. The molecule has 3 nitrogen and oxygen atoms in total. The van der Waals surface area contributed by atoms with Gasteiger partial charge in [0.1, 0.15) is 5.75 Å². The van der Waals surface area contributed by atoms with Crippen LogP contribution in [0.15, 0.2) is 12.1 Å². The molecule has 0 bridgehead atoms. The van der Waals surface area contributed by atoms with Crippen LogP contribution in [0.2, 0.25) is 0 Å². The molecule has 0 saturated carbocycles. The molecule has 1 aromatic carbocycles. The van der Waals surface area contributed by atoms with Crippen molar-refractivity contribution in [3.63, 3.8) is 0 Å². The standard InChI is InChI=1S/C17H27NO2/c1-8-13(4)20-15-11(2)9-14(10-12(15)3)18-16(19)17(5,6)7/h9-10,13H,8H2,1-7H3,(H,18,19)/t13-/m1/s1. The lowest BCUT2D eigenvalue weighted by Gasteiger charge is -2.21. The average molecular weight is 277 g/mol. The maximum Gasteiger partial charge on any atom is 0.229 e. The van der Waals surface area contributed by atoms with Crippen LogP contribution in [0.4, 0.5) is 5.69 Å². The van der Waals surface area contributed by atoms with Gasteiger partial charge in [0, 0.05) is 11.1 Å². The van der Waals surface area contributed by atoms with Gasteiger partial charge in [-0.1, -0.05) is 27.7 Å². The summed E-state index contributed by atoms with van der Waals surface area (Å²) < 4.78 is 5.94. The molecule has 0 aliphatic carbocycles. The van der Waals surface area contributed by atoms with Gasteiger partial charge in [-0.25, -0.2) is 0 Å². The van der Waals surface area contributed by atoms with Crippen LogP contribution in [0.5, 0.6) is 5.75 Å². The molecule has 0 spiro atoms. The third-order valence-corrected chi connectivity index (χ3v) is 3.29. The summed E-state index contributed by atoms with van der Waals surface area (Å²) in [5.74, 6) is 0.944. The Kier molecular flexibility index (Phi) is 5.21. The van der Waals surface area contributed by atoms with Crippen LogP contribution in [-0.4, -0.2) is 12.0 Å². The molecule has 0 aliphatic heterocycles. The lowest BCUT2D eigenvalue weighted by Crippen LogP contribution is -2.27. The fraction of sp³-hybridized carbons (Fsp3) is 0.588. The summed E-state index contributed by atoms with van der Waals surface area (Å²) in [6, 6.07) is 3.93. The van der Waals surface area contributed by atoms with E-state index >= 15 is 0 Å². The highest BCUT2D eigenvalue weighted by Crippen LogP contribution is 2.29. The summed E-state index contributed by atoms with van der Waals surface area (Å²) in [5.41, 5.74) is 2.54. The minimum absolute atomic E-state index is 0.0203. The first-order valence-electron chi connectivity index (χ1n) is 7.24. The number of benzene rings is 1. The molecule has 3 heteroatoms. The van der Waals surface area contributed by atoms with Crippen LogP contribution in [0.1, 0.15) is 52.2 Å². The third-order valence-electron chi connectivity index (χ3n) is 3.29. The molecular weight excluding hydrogens is 250 g/mol. The van der Waals surface area contributed by atoms with Gasteiger partial charge in [-0.3, -0.25) is 4.79 Å². The predicted octanol–water partition coefficient (Wildman–Crippen LogP) is 4.47. The fourth-order valence-electron chi connectivity index (χ4n) is 1.81. The zero-order chi connectivity index (χ0) is 15.5. The molecule has 0 aromatic heterocycles. The van der Waals surface area contributed by atoms with E-state index in [4.69, 9.17) is 4.74 Å². The van der Waals surface area contributed by atoms with Crippen molar-refractivity contribution in [3.05, 3.63) is 23.3 Å². The largest absolute Gasteiger partial charge is 0.490 e. The molecule has 0 fully saturated rings. The van der Waals surface area contributed by atoms with Crippen LogP contribution >= 0.6 is 0 Å². The zero-order valence-corrected chi connectivity index (χ0v) is 13.8. The number of amides is 1. The lowest BCUT2D eigenvalue weighted by molar-refractivity contribution is -0.123. The zero-order valence-electron chi connectivity index (χ0n) is 13.8. The molecule has 20 heavy (non-hydrogen) atoms. The quantitative estimate of drug-likeness (QED) is 0.882. The van der Waals surface area contributed by atoms with E-state index in [1.54, 1.807) is 0 Å². The van der Waals surface area contributed by atoms with Gasteiger partial charge in [-0.05, 0) is 50.5 Å². The first kappa shape index (κ1) is 16.5. The van der Waals surface area contributed by atoms with Crippen molar-refractivity contribution < 1.29 is 9.53 Å². The number of anilines is 1. The Balaban J connectivity index is 2.96. The second-order valence-corrected chi connectivity index (χ2v) is 6.48. The van der Waals surface area contributed by atoms with Crippen LogP contribution in [-0.2, 0) is 4.79 Å². The van der Waals surface area contributed by atoms with E-state index in [1.165, 1.54) is 0 Å². The van der Waals surface area contributed by atoms with Crippen molar-refractivity contribution in [2.24, 2.45) is 5.41 Å². The Morgan fingerprint density at radius 2 is 1.75 bits per heavy atom. The first-order chi connectivity index (χ1) is 9.15. The van der Waals surface area contributed by atoms with Gasteiger partial charge < -0.3 is 10.1 Å². The Labute approximate surface area is 122 Å². The fourth-order valence-corrected chi connectivity index (χ4v) is 1.81. The van der Waals surface area contributed by atoms with E-state index in [2.05, 4.69) is 19.2 Å². The van der Waals surface area contributed by atoms with Crippen molar-refractivity contribution in [2.75, 3.05) is 5.32 Å². The predicted molar refractivity (Wildman–Crippen MR) is 84.4 cm³/mol. The number of carbonyl (C=O) groups is 1. The van der Waals surface area contributed by atoms with Gasteiger partial charge in [0.25, 0.3) is 0 Å². The minimum atomic E-state index is -0.395. The van der Waals surface area contributed by atoms with Crippen LogP contribution in [0, 0.1) is 19.3 Å². The number of nitrogens with one attached hydrogen (secondary N) is 1. The molecule has 1 amide bonds. The second kappa shape index (κ2) is 6.29. The molecule has 1 rings (SSSR count). The lowest BCUT2D eigenvalue weighted by atomic mass is 9.95. The summed E-state index contributed by atoms with van der Waals surface area (Å²) in [5, 5.41) is 2.96. The highest BCUT2D eigenvalue weighted by molar-refractivity contribution is 5.94. The van der Waals surface area contributed by atoms with E-state index in [1.807, 2.05) is 46.8 Å². The highest BCUT2D eigenvalue weighted by Gasteiger charge is 2.21. The Morgan fingerprint density at radius 1 is 1.25 bits per heavy atom. The topological polar surface area (TPSA) is 38.3 Å². The molecule has 0 unspecified atom stereocenters. The number of carbonyl (C=O) groups excluding carboxylic acids is 1. The van der Waals surface area contributed by atoms with Crippen molar-refractivity contribution in [3.8, 4) is 5.75 Å². The number of hydrogen-bond acceptors (Lipinski definition) is 2. The van der Waals surface area contributed by atoms with Gasteiger partial charge in [-0.2, -0.15) is 0 Å². The molecule has 0 aliphatic rings. The summed E-state index contributed by atoms with van der Waals surface area (Å²) in [6.45, 7) is 13.9. The average Bonchev–Trinajstić information content (AvgIpc) is 2.32. The van der Waals surface area contributed by atoms with Crippen LogP contribution < -0.4 is 10.1 Å². The van der Waals surface area contributed by atoms with Crippen LogP contribution in [0.25, 0.3) is 0 Å². The summed E-state index contributed by atoms with van der Waals surface area (Å²) in [7, 11) is 0.